The molecular weight excluding hydrogens is 362 g/mol. The first-order chi connectivity index (χ1) is 12.9. The van der Waals surface area contributed by atoms with Gasteiger partial charge in [-0.2, -0.15) is 0 Å². The number of para-hydroxylation sites is 1. The van der Waals surface area contributed by atoms with E-state index in [2.05, 4.69) is 28.1 Å². The lowest BCUT2D eigenvalue weighted by Crippen LogP contribution is -2.38. The van der Waals surface area contributed by atoms with Gasteiger partial charge in [-0.3, -0.25) is 9.78 Å². The summed E-state index contributed by atoms with van der Waals surface area (Å²) in [5.74, 6) is -0.0499. The molecule has 3 heterocycles. The van der Waals surface area contributed by atoms with Crippen LogP contribution in [0.25, 0.3) is 0 Å². The zero-order valence-corrected chi connectivity index (χ0v) is 16.2. The Balaban J connectivity index is 1.59. The Hall–Kier alpha value is -2.41. The van der Waals surface area contributed by atoms with Crippen LogP contribution in [0.5, 0.6) is 0 Å². The molecule has 1 atom stereocenters. The zero-order valence-electron chi connectivity index (χ0n) is 15.3. The predicted octanol–water partition coefficient (Wildman–Crippen LogP) is 2.43. The third-order valence-electron chi connectivity index (χ3n) is 5.46. The number of aryl methyl sites for hydroxylation is 1. The quantitative estimate of drug-likeness (QED) is 0.812. The molecule has 27 heavy (non-hydrogen) atoms. The average Bonchev–Trinajstić information content (AvgIpc) is 3.06. The highest BCUT2D eigenvalue weighted by Gasteiger charge is 2.33. The number of benzene rings is 1. The molecule has 142 valence electrons. The van der Waals surface area contributed by atoms with E-state index in [0.29, 0.717) is 12.1 Å². The maximum Gasteiger partial charge on any atom is 0.272 e. The molecule has 1 amide bonds. The molecule has 1 fully saturated rings. The van der Waals surface area contributed by atoms with Gasteiger partial charge in [0.05, 0.1) is 11.5 Å². The van der Waals surface area contributed by atoms with Crippen molar-refractivity contribution in [1.82, 2.24) is 9.88 Å². The van der Waals surface area contributed by atoms with Crippen molar-refractivity contribution in [3.63, 3.8) is 0 Å². The Morgan fingerprint density at radius 2 is 2.07 bits per heavy atom. The third kappa shape index (κ3) is 3.56. The Morgan fingerprint density at radius 3 is 2.85 bits per heavy atom. The van der Waals surface area contributed by atoms with Gasteiger partial charge in [0.1, 0.15) is 5.69 Å². The van der Waals surface area contributed by atoms with E-state index in [0.717, 1.165) is 25.1 Å². The molecule has 1 aromatic carbocycles. The highest BCUT2D eigenvalue weighted by Crippen LogP contribution is 2.33. The summed E-state index contributed by atoms with van der Waals surface area (Å²) in [7, 11) is -1.37. The summed E-state index contributed by atoms with van der Waals surface area (Å²) < 4.78 is 23.4. The highest BCUT2D eigenvalue weighted by molar-refractivity contribution is 7.91. The Bertz CT molecular complexity index is 974. The van der Waals surface area contributed by atoms with Crippen molar-refractivity contribution in [3.8, 4) is 0 Å². The van der Waals surface area contributed by atoms with Crippen molar-refractivity contribution in [2.75, 3.05) is 30.0 Å². The number of sulfone groups is 1. The maximum absolute atomic E-state index is 12.9. The standard InChI is InChI=1S/C20H23N3O3S/c1-22(17-9-12-27(25,26)14-17)20(24)18-13-16(8-10-21-18)23-11-4-6-15-5-2-3-7-19(15)23/h2-3,5,7-8,10,13,17H,4,6,9,11-12,14H2,1H3. The summed E-state index contributed by atoms with van der Waals surface area (Å²) in [4.78, 5) is 20.9. The van der Waals surface area contributed by atoms with Crippen molar-refractivity contribution in [1.29, 1.82) is 0 Å². The van der Waals surface area contributed by atoms with Gasteiger partial charge in [-0.05, 0) is 43.0 Å². The van der Waals surface area contributed by atoms with Gasteiger partial charge in [0.2, 0.25) is 0 Å². The number of carbonyl (C=O) groups is 1. The number of carbonyl (C=O) groups excluding carboxylic acids is 1. The molecule has 4 rings (SSSR count). The molecule has 1 unspecified atom stereocenters. The van der Waals surface area contributed by atoms with Gasteiger partial charge >= 0.3 is 0 Å². The fraction of sp³-hybridized carbons (Fsp3) is 0.400. The van der Waals surface area contributed by atoms with E-state index in [-0.39, 0.29) is 23.5 Å². The smallest absolute Gasteiger partial charge is 0.272 e. The fourth-order valence-corrected chi connectivity index (χ4v) is 5.71. The molecule has 7 heteroatoms. The Labute approximate surface area is 159 Å². The lowest BCUT2D eigenvalue weighted by molar-refractivity contribution is 0.0742. The van der Waals surface area contributed by atoms with Crippen LogP contribution in [0.2, 0.25) is 0 Å². The number of rotatable bonds is 3. The summed E-state index contributed by atoms with van der Waals surface area (Å²) in [5.41, 5.74) is 3.76. The second-order valence-corrected chi connectivity index (χ2v) is 9.48. The largest absolute Gasteiger partial charge is 0.341 e. The lowest BCUT2D eigenvalue weighted by atomic mass is 10.0. The van der Waals surface area contributed by atoms with Crippen molar-refractivity contribution in [3.05, 3.63) is 53.9 Å². The molecule has 2 aromatic rings. The molecule has 0 saturated carbocycles. The number of pyridine rings is 1. The minimum absolute atomic E-state index is 0.0361. The average molecular weight is 385 g/mol. The van der Waals surface area contributed by atoms with E-state index in [4.69, 9.17) is 0 Å². The van der Waals surface area contributed by atoms with Crippen LogP contribution in [0.4, 0.5) is 11.4 Å². The minimum Gasteiger partial charge on any atom is -0.341 e. The number of amides is 1. The first-order valence-corrected chi connectivity index (χ1v) is 11.1. The molecule has 2 aliphatic heterocycles. The number of hydrogen-bond donors (Lipinski definition) is 0. The molecule has 0 spiro atoms. The number of anilines is 2. The SMILES string of the molecule is CN(C(=O)c1cc(N2CCCc3ccccc32)ccn1)C1CCS(=O)(=O)C1. The highest BCUT2D eigenvalue weighted by atomic mass is 32.2. The van der Waals surface area contributed by atoms with Crippen LogP contribution < -0.4 is 4.90 Å². The van der Waals surface area contributed by atoms with E-state index in [1.54, 1.807) is 13.2 Å². The fourth-order valence-electron chi connectivity index (χ4n) is 3.93. The number of nitrogens with zero attached hydrogens (tertiary/aromatic N) is 3. The van der Waals surface area contributed by atoms with E-state index in [1.165, 1.54) is 16.2 Å². The Morgan fingerprint density at radius 1 is 1.26 bits per heavy atom. The van der Waals surface area contributed by atoms with E-state index in [1.807, 2.05) is 18.2 Å². The van der Waals surface area contributed by atoms with Gasteiger partial charge in [-0.1, -0.05) is 18.2 Å². The molecule has 0 aliphatic carbocycles. The summed E-state index contributed by atoms with van der Waals surface area (Å²) in [5, 5.41) is 0. The molecule has 0 bridgehead atoms. The summed E-state index contributed by atoms with van der Waals surface area (Å²) >= 11 is 0. The van der Waals surface area contributed by atoms with E-state index < -0.39 is 9.84 Å². The third-order valence-corrected chi connectivity index (χ3v) is 7.21. The van der Waals surface area contributed by atoms with Gasteiger partial charge in [-0.25, -0.2) is 8.42 Å². The Kier molecular flexibility index (Phi) is 4.63. The van der Waals surface area contributed by atoms with Crippen LogP contribution in [-0.4, -0.2) is 55.3 Å². The molecule has 0 radical (unpaired) electrons. The van der Waals surface area contributed by atoms with Crippen LogP contribution in [0.3, 0.4) is 0 Å². The van der Waals surface area contributed by atoms with Crippen molar-refractivity contribution in [2.45, 2.75) is 25.3 Å². The van der Waals surface area contributed by atoms with Gasteiger partial charge in [-0.15, -0.1) is 0 Å². The molecule has 6 nitrogen and oxygen atoms in total. The van der Waals surface area contributed by atoms with Crippen LogP contribution in [0.15, 0.2) is 42.6 Å². The van der Waals surface area contributed by atoms with Crippen molar-refractivity contribution < 1.29 is 13.2 Å². The zero-order chi connectivity index (χ0) is 19.0. The second kappa shape index (κ2) is 6.96. The van der Waals surface area contributed by atoms with Gasteiger partial charge < -0.3 is 9.80 Å². The predicted molar refractivity (Wildman–Crippen MR) is 105 cm³/mol. The molecule has 1 saturated heterocycles. The van der Waals surface area contributed by atoms with Crippen LogP contribution in [-0.2, 0) is 16.3 Å². The van der Waals surface area contributed by atoms with Gasteiger partial charge in [0.15, 0.2) is 9.84 Å². The van der Waals surface area contributed by atoms with E-state index in [9.17, 15) is 13.2 Å². The summed E-state index contributed by atoms with van der Waals surface area (Å²) in [6.45, 7) is 0.894. The van der Waals surface area contributed by atoms with Gasteiger partial charge in [0, 0.05) is 37.2 Å². The minimum atomic E-state index is -3.04. The molecule has 0 N–H and O–H groups in total. The molecule has 1 aromatic heterocycles. The topological polar surface area (TPSA) is 70.6 Å². The first kappa shape index (κ1) is 18.0. The number of fused-ring (bicyclic) bond motifs is 1. The normalized spacial score (nSPS) is 20.9. The summed E-state index contributed by atoms with van der Waals surface area (Å²) in [6.07, 6.45) is 4.26. The maximum atomic E-state index is 12.9. The van der Waals surface area contributed by atoms with Crippen LogP contribution >= 0.6 is 0 Å². The van der Waals surface area contributed by atoms with Gasteiger partial charge in [0.25, 0.3) is 5.91 Å². The molecule has 2 aliphatic rings. The summed E-state index contributed by atoms with van der Waals surface area (Å²) in [6, 6.07) is 11.8. The number of aromatic nitrogens is 1. The lowest BCUT2D eigenvalue weighted by Gasteiger charge is -2.31. The monoisotopic (exact) mass is 385 g/mol. The van der Waals surface area contributed by atoms with Crippen molar-refractivity contribution >= 4 is 27.1 Å². The van der Waals surface area contributed by atoms with Crippen molar-refractivity contribution in [2.24, 2.45) is 0 Å². The first-order valence-electron chi connectivity index (χ1n) is 9.24. The van der Waals surface area contributed by atoms with E-state index >= 15 is 0 Å². The van der Waals surface area contributed by atoms with Crippen LogP contribution in [0.1, 0.15) is 28.9 Å². The second-order valence-electron chi connectivity index (χ2n) is 7.26. The van der Waals surface area contributed by atoms with Crippen LogP contribution in [0, 0.1) is 0 Å². The number of hydrogen-bond acceptors (Lipinski definition) is 5. The molecular formula is C20H23N3O3S.